The van der Waals surface area contributed by atoms with Gasteiger partial charge in [0.2, 0.25) is 10.6 Å². The molecule has 1 heterocycles. The predicted octanol–water partition coefficient (Wildman–Crippen LogP) is 4.91. The van der Waals surface area contributed by atoms with Gasteiger partial charge in [-0.05, 0) is 59.6 Å². The van der Waals surface area contributed by atoms with Crippen LogP contribution in [-0.2, 0) is 0 Å². The lowest BCUT2D eigenvalue weighted by molar-refractivity contribution is 0.324. The highest BCUT2D eigenvalue weighted by atomic mass is 79.9. The van der Waals surface area contributed by atoms with Crippen LogP contribution in [0, 0.1) is 0 Å². The van der Waals surface area contributed by atoms with Crippen LogP contribution in [-0.4, -0.2) is 50.5 Å². The molecule has 0 saturated carbocycles. The number of hydrogen-bond acceptors (Lipinski definition) is 8. The fourth-order valence-corrected chi connectivity index (χ4v) is 4.53. The second-order valence-electron chi connectivity index (χ2n) is 7.15. The Balaban J connectivity index is 2.19. The van der Waals surface area contributed by atoms with Crippen molar-refractivity contribution in [2.45, 2.75) is 19.9 Å². The number of aromatic nitrogens is 1. The van der Waals surface area contributed by atoms with Gasteiger partial charge in [-0.1, -0.05) is 0 Å². The van der Waals surface area contributed by atoms with Gasteiger partial charge in [0.1, 0.15) is 0 Å². The first-order valence-corrected chi connectivity index (χ1v) is 11.7. The topological polar surface area (TPSA) is 86.8 Å². The van der Waals surface area contributed by atoms with E-state index < -0.39 is 0 Å². The predicted molar refractivity (Wildman–Crippen MR) is 133 cm³/mol. The van der Waals surface area contributed by atoms with Crippen molar-refractivity contribution < 1.29 is 24.1 Å². The van der Waals surface area contributed by atoms with Gasteiger partial charge in [-0.3, -0.25) is 4.99 Å². The number of phenolic OH excluding ortho intramolecular Hbond substituents is 1. The van der Waals surface area contributed by atoms with E-state index in [1.165, 1.54) is 18.4 Å². The number of hydrogen-bond donors (Lipinski definition) is 1. The molecule has 0 unspecified atom stereocenters. The number of methoxy groups -OCH3 is 4. The zero-order chi connectivity index (χ0) is 24.1. The second-order valence-corrected chi connectivity index (χ2v) is 8.84. The number of thiazole rings is 1. The summed E-state index contributed by atoms with van der Waals surface area (Å²) in [5.41, 5.74) is 2.37. The minimum Gasteiger partial charge on any atom is -0.503 e. The van der Waals surface area contributed by atoms with Gasteiger partial charge < -0.3 is 24.1 Å². The molecule has 0 amide bonds. The van der Waals surface area contributed by atoms with Crippen molar-refractivity contribution in [2.24, 2.45) is 10.1 Å². The summed E-state index contributed by atoms with van der Waals surface area (Å²) in [5, 5.41) is 16.8. The molecule has 0 aliphatic carbocycles. The van der Waals surface area contributed by atoms with Crippen LogP contribution in [0.15, 0.2) is 44.2 Å². The van der Waals surface area contributed by atoms with Crippen molar-refractivity contribution in [3.63, 3.8) is 0 Å². The zero-order valence-electron chi connectivity index (χ0n) is 19.2. The van der Waals surface area contributed by atoms with Crippen LogP contribution in [0.4, 0.5) is 0 Å². The molecule has 0 spiro atoms. The van der Waals surface area contributed by atoms with Crippen molar-refractivity contribution in [1.82, 2.24) is 4.68 Å². The molecule has 0 aliphatic rings. The molecule has 0 saturated heterocycles. The lowest BCUT2D eigenvalue weighted by atomic mass is 10.1. The average Bonchev–Trinajstić information content (AvgIpc) is 3.20. The maximum atomic E-state index is 10.1. The molecule has 1 aromatic heterocycles. The molecule has 33 heavy (non-hydrogen) atoms. The van der Waals surface area contributed by atoms with Gasteiger partial charge in [0.05, 0.1) is 44.8 Å². The first-order valence-electron chi connectivity index (χ1n) is 9.98. The highest BCUT2D eigenvalue weighted by Crippen LogP contribution is 2.41. The highest BCUT2D eigenvalue weighted by Gasteiger charge is 2.17. The third-order valence-corrected chi connectivity index (χ3v) is 6.04. The average molecular weight is 536 g/mol. The third-order valence-electron chi connectivity index (χ3n) is 4.61. The third kappa shape index (κ3) is 5.33. The minimum atomic E-state index is 0.0337. The van der Waals surface area contributed by atoms with E-state index in [0.717, 1.165) is 21.6 Å². The molecule has 2 aromatic carbocycles. The second kappa shape index (κ2) is 10.8. The van der Waals surface area contributed by atoms with Gasteiger partial charge >= 0.3 is 0 Å². The summed E-state index contributed by atoms with van der Waals surface area (Å²) in [4.78, 5) is 5.44. The summed E-state index contributed by atoms with van der Waals surface area (Å²) in [6.07, 6.45) is 1.68. The van der Waals surface area contributed by atoms with Gasteiger partial charge in [0, 0.05) is 17.0 Å². The molecule has 0 atom stereocenters. The Morgan fingerprint density at radius 3 is 2.15 bits per heavy atom. The van der Waals surface area contributed by atoms with E-state index >= 15 is 0 Å². The van der Waals surface area contributed by atoms with E-state index in [2.05, 4.69) is 15.9 Å². The number of phenols is 1. The molecule has 10 heteroatoms. The maximum absolute atomic E-state index is 10.1. The molecule has 3 rings (SSSR count). The Labute approximate surface area is 204 Å². The smallest absolute Gasteiger partial charge is 0.206 e. The van der Waals surface area contributed by atoms with Crippen molar-refractivity contribution in [3.05, 3.63) is 44.5 Å². The molecular weight excluding hydrogens is 510 g/mol. The van der Waals surface area contributed by atoms with E-state index in [1.54, 1.807) is 44.4 Å². The lowest BCUT2D eigenvalue weighted by Crippen LogP contribution is -2.14. The Morgan fingerprint density at radius 1 is 0.970 bits per heavy atom. The van der Waals surface area contributed by atoms with Crippen LogP contribution in [0.3, 0.4) is 0 Å². The standard InChI is InChI=1S/C23H26BrN3O5S/c1-13(2)26-23-27(25-11-14-7-16(24)21(28)18(8-14)29-3)17(12-33-23)15-9-19(30-4)22(32-6)20(10-15)31-5/h7-13,28H,1-6H3. The molecule has 0 bridgehead atoms. The van der Waals surface area contributed by atoms with E-state index in [-0.39, 0.29) is 11.8 Å². The molecule has 0 radical (unpaired) electrons. The number of ether oxygens (including phenoxy) is 4. The van der Waals surface area contributed by atoms with E-state index in [1.807, 2.05) is 31.4 Å². The fourth-order valence-electron chi connectivity index (χ4n) is 3.10. The fraction of sp³-hybridized carbons (Fsp3) is 0.304. The number of aromatic hydroxyl groups is 1. The first kappa shape index (κ1) is 24.7. The van der Waals surface area contributed by atoms with Crippen molar-refractivity contribution in [3.8, 4) is 40.0 Å². The SMILES string of the molecule is COc1cc(C=Nn2c(-c3cc(OC)c(OC)c(OC)c3)csc2=NC(C)C)cc(Br)c1O. The molecule has 176 valence electrons. The van der Waals surface area contributed by atoms with Crippen LogP contribution in [0.5, 0.6) is 28.7 Å². The quantitative estimate of drug-likeness (QED) is 0.414. The normalized spacial score (nSPS) is 11.9. The lowest BCUT2D eigenvalue weighted by Gasteiger charge is -2.14. The molecule has 1 N–H and O–H groups in total. The van der Waals surface area contributed by atoms with Crippen LogP contribution >= 0.6 is 27.3 Å². The Kier molecular flexibility index (Phi) is 8.04. The number of halogens is 1. The summed E-state index contributed by atoms with van der Waals surface area (Å²) in [6.45, 7) is 4.02. The minimum absolute atomic E-state index is 0.0337. The van der Waals surface area contributed by atoms with Gasteiger partial charge in [0.15, 0.2) is 23.0 Å². The van der Waals surface area contributed by atoms with E-state index in [0.29, 0.717) is 27.5 Å². The summed E-state index contributed by atoms with van der Waals surface area (Å²) < 4.78 is 24.0. The monoisotopic (exact) mass is 535 g/mol. The van der Waals surface area contributed by atoms with Crippen molar-refractivity contribution in [1.29, 1.82) is 0 Å². The summed E-state index contributed by atoms with van der Waals surface area (Å²) in [5.74, 6) is 1.98. The highest BCUT2D eigenvalue weighted by molar-refractivity contribution is 9.10. The van der Waals surface area contributed by atoms with E-state index in [4.69, 9.17) is 29.0 Å². The van der Waals surface area contributed by atoms with Crippen molar-refractivity contribution >= 4 is 33.5 Å². The summed E-state index contributed by atoms with van der Waals surface area (Å²) in [7, 11) is 6.23. The van der Waals surface area contributed by atoms with Crippen LogP contribution in [0.25, 0.3) is 11.3 Å². The van der Waals surface area contributed by atoms with Gasteiger partial charge in [-0.2, -0.15) is 5.10 Å². The van der Waals surface area contributed by atoms with Gasteiger partial charge in [-0.15, -0.1) is 11.3 Å². The molecule has 0 aliphatic heterocycles. The Bertz CT molecular complexity index is 1210. The molecule has 3 aromatic rings. The van der Waals surface area contributed by atoms with Gasteiger partial charge in [0.25, 0.3) is 0 Å². The molecular formula is C23H26BrN3O5S. The Morgan fingerprint density at radius 2 is 1.61 bits per heavy atom. The number of rotatable bonds is 8. The first-order chi connectivity index (χ1) is 15.8. The Hall–Kier alpha value is -2.98. The van der Waals surface area contributed by atoms with Gasteiger partial charge in [-0.25, -0.2) is 4.68 Å². The molecule has 0 fully saturated rings. The largest absolute Gasteiger partial charge is 0.503 e. The summed E-state index contributed by atoms with van der Waals surface area (Å²) in [6, 6.07) is 7.28. The zero-order valence-corrected chi connectivity index (χ0v) is 21.7. The van der Waals surface area contributed by atoms with Crippen LogP contribution in [0.2, 0.25) is 0 Å². The molecule has 8 nitrogen and oxygen atoms in total. The van der Waals surface area contributed by atoms with Crippen molar-refractivity contribution in [2.75, 3.05) is 28.4 Å². The number of nitrogens with zero attached hydrogens (tertiary/aromatic N) is 3. The maximum Gasteiger partial charge on any atom is 0.206 e. The van der Waals surface area contributed by atoms with Crippen LogP contribution < -0.4 is 23.7 Å². The van der Waals surface area contributed by atoms with E-state index in [9.17, 15) is 5.11 Å². The summed E-state index contributed by atoms with van der Waals surface area (Å²) >= 11 is 4.83. The number of benzene rings is 2. The van der Waals surface area contributed by atoms with Crippen LogP contribution in [0.1, 0.15) is 19.4 Å².